The van der Waals surface area contributed by atoms with E-state index < -0.39 is 22.0 Å². The fourth-order valence-corrected chi connectivity index (χ4v) is 2.58. The third-order valence-electron chi connectivity index (χ3n) is 1.30. The predicted octanol–water partition coefficient (Wildman–Crippen LogP) is 0.124. The van der Waals surface area contributed by atoms with Gasteiger partial charge in [-0.05, 0) is 6.92 Å². The minimum Gasteiger partial charge on any atom is -0.369 e. The van der Waals surface area contributed by atoms with Gasteiger partial charge in [-0.15, -0.1) is 11.3 Å². The highest BCUT2D eigenvalue weighted by molar-refractivity contribution is 7.88. The molecule has 0 radical (unpaired) electrons. The molecule has 0 spiro atoms. The molecule has 6 heteroatoms. The molecule has 1 rings (SSSR count). The quantitative estimate of drug-likeness (QED) is 0.760. The van der Waals surface area contributed by atoms with Gasteiger partial charge in [0, 0.05) is 11.6 Å². The molecular weight excluding hydrogens is 196 g/mol. The van der Waals surface area contributed by atoms with E-state index in [4.69, 9.17) is 5.73 Å². The number of hydrogen-bond donors (Lipinski definition) is 1. The molecule has 1 heterocycles. The molecule has 2 atom stereocenters. The van der Waals surface area contributed by atoms with E-state index in [1.807, 2.05) is 0 Å². The Hall–Kier alpha value is -0.750. The molecule has 0 aliphatic carbocycles. The van der Waals surface area contributed by atoms with Crippen LogP contribution in [-0.4, -0.2) is 20.3 Å². The Morgan fingerprint density at radius 2 is 2.50 bits per heavy atom. The van der Waals surface area contributed by atoms with Crippen molar-refractivity contribution >= 4 is 28.0 Å². The third kappa shape index (κ3) is 1.89. The van der Waals surface area contributed by atoms with Crippen LogP contribution in [0, 0.1) is 0 Å². The smallest absolute Gasteiger partial charge is 0.233 e. The van der Waals surface area contributed by atoms with E-state index in [0.717, 1.165) is 0 Å². The van der Waals surface area contributed by atoms with Crippen molar-refractivity contribution in [3.63, 3.8) is 0 Å². The van der Waals surface area contributed by atoms with E-state index in [9.17, 15) is 9.00 Å². The van der Waals surface area contributed by atoms with Crippen LogP contribution in [0.5, 0.6) is 0 Å². The largest absolute Gasteiger partial charge is 0.369 e. The van der Waals surface area contributed by atoms with Crippen LogP contribution in [-0.2, 0) is 15.6 Å². The molecule has 2 N–H and O–H groups in total. The molecule has 0 saturated carbocycles. The summed E-state index contributed by atoms with van der Waals surface area (Å²) in [6.07, 6.45) is 1.55. The van der Waals surface area contributed by atoms with Gasteiger partial charge in [0.1, 0.15) is 5.25 Å². The molecule has 0 aliphatic heterocycles. The number of nitrogens with two attached hydrogens (primary N) is 1. The number of carbonyl (C=O) groups is 1. The van der Waals surface area contributed by atoms with Gasteiger partial charge in [-0.2, -0.15) is 0 Å². The van der Waals surface area contributed by atoms with Crippen LogP contribution < -0.4 is 5.73 Å². The minimum atomic E-state index is -1.39. The Labute approximate surface area is 76.3 Å². The Morgan fingerprint density at radius 3 is 2.92 bits per heavy atom. The minimum absolute atomic E-state index is 0.446. The van der Waals surface area contributed by atoms with Crippen LogP contribution in [0.1, 0.15) is 6.92 Å². The van der Waals surface area contributed by atoms with Crippen LogP contribution in [0.25, 0.3) is 0 Å². The average molecular weight is 204 g/mol. The topological polar surface area (TPSA) is 73.1 Å². The van der Waals surface area contributed by atoms with Crippen LogP contribution in [0.3, 0.4) is 0 Å². The Kier molecular flexibility index (Phi) is 2.93. The standard InChI is InChI=1S/C6H8N2O2S2/c1-4(5(7)9)12(10)6-8-2-3-11-6/h2-4H,1H3,(H2,7,9). The second-order valence-electron chi connectivity index (χ2n) is 2.14. The van der Waals surface area contributed by atoms with Gasteiger partial charge in [-0.3, -0.25) is 9.00 Å². The van der Waals surface area contributed by atoms with Gasteiger partial charge >= 0.3 is 0 Å². The zero-order valence-corrected chi connectivity index (χ0v) is 8.02. The summed E-state index contributed by atoms with van der Waals surface area (Å²) in [6, 6.07) is 0. The second kappa shape index (κ2) is 3.77. The Balaban J connectivity index is 2.79. The summed E-state index contributed by atoms with van der Waals surface area (Å²) >= 11 is 1.26. The van der Waals surface area contributed by atoms with E-state index in [0.29, 0.717) is 4.34 Å². The van der Waals surface area contributed by atoms with E-state index in [2.05, 4.69) is 4.98 Å². The molecule has 0 fully saturated rings. The third-order valence-corrected chi connectivity index (χ3v) is 3.97. The summed E-state index contributed by atoms with van der Waals surface area (Å²) in [6.45, 7) is 1.53. The lowest BCUT2D eigenvalue weighted by molar-refractivity contribution is -0.117. The molecule has 1 amide bonds. The zero-order valence-electron chi connectivity index (χ0n) is 6.39. The van der Waals surface area contributed by atoms with Gasteiger partial charge in [0.2, 0.25) is 5.91 Å². The lowest BCUT2D eigenvalue weighted by Gasteiger charge is -2.02. The first kappa shape index (κ1) is 9.34. The van der Waals surface area contributed by atoms with Crippen molar-refractivity contribution < 1.29 is 9.00 Å². The molecule has 0 bridgehead atoms. The maximum absolute atomic E-state index is 11.4. The van der Waals surface area contributed by atoms with Crippen molar-refractivity contribution in [3.05, 3.63) is 11.6 Å². The van der Waals surface area contributed by atoms with Crippen molar-refractivity contribution in [2.75, 3.05) is 0 Å². The summed E-state index contributed by atoms with van der Waals surface area (Å²) < 4.78 is 11.9. The lowest BCUT2D eigenvalue weighted by Crippen LogP contribution is -2.29. The van der Waals surface area contributed by atoms with Crippen LogP contribution in [0.15, 0.2) is 15.9 Å². The average Bonchev–Trinajstić information content (AvgIpc) is 2.53. The van der Waals surface area contributed by atoms with E-state index in [1.54, 1.807) is 11.6 Å². The van der Waals surface area contributed by atoms with Crippen LogP contribution >= 0.6 is 11.3 Å². The highest BCUT2D eigenvalue weighted by Gasteiger charge is 2.20. The number of nitrogens with zero attached hydrogens (tertiary/aromatic N) is 1. The molecule has 0 aliphatic rings. The Morgan fingerprint density at radius 1 is 1.83 bits per heavy atom. The first-order valence-electron chi connectivity index (χ1n) is 3.22. The fraction of sp³-hybridized carbons (Fsp3) is 0.333. The lowest BCUT2D eigenvalue weighted by atomic mass is 10.5. The molecule has 12 heavy (non-hydrogen) atoms. The molecule has 0 aromatic carbocycles. The van der Waals surface area contributed by atoms with E-state index in [1.165, 1.54) is 18.3 Å². The van der Waals surface area contributed by atoms with Crippen molar-refractivity contribution in [3.8, 4) is 0 Å². The number of thiazole rings is 1. The molecule has 1 aromatic heterocycles. The fourth-order valence-electron chi connectivity index (χ4n) is 0.566. The van der Waals surface area contributed by atoms with Gasteiger partial charge in [0.05, 0.1) is 10.8 Å². The predicted molar refractivity (Wildman–Crippen MR) is 47.2 cm³/mol. The van der Waals surface area contributed by atoms with Gasteiger partial charge in [0.15, 0.2) is 4.34 Å². The highest BCUT2D eigenvalue weighted by atomic mass is 32.2. The number of amides is 1. The second-order valence-corrected chi connectivity index (χ2v) is 4.98. The van der Waals surface area contributed by atoms with Crippen molar-refractivity contribution in [1.29, 1.82) is 0 Å². The SMILES string of the molecule is CC(C(N)=O)S(=O)c1nccs1. The molecule has 2 unspecified atom stereocenters. The number of aromatic nitrogens is 1. The maximum atomic E-state index is 11.4. The monoisotopic (exact) mass is 204 g/mol. The van der Waals surface area contributed by atoms with Crippen LogP contribution in [0.2, 0.25) is 0 Å². The van der Waals surface area contributed by atoms with Gasteiger partial charge in [-0.25, -0.2) is 4.98 Å². The van der Waals surface area contributed by atoms with E-state index in [-0.39, 0.29) is 0 Å². The molecule has 4 nitrogen and oxygen atoms in total. The van der Waals surface area contributed by atoms with Gasteiger partial charge < -0.3 is 5.73 Å². The number of carbonyl (C=O) groups excluding carboxylic acids is 1. The summed E-state index contributed by atoms with van der Waals surface area (Å²) in [4.78, 5) is 14.5. The first-order valence-corrected chi connectivity index (χ1v) is 5.31. The first-order chi connectivity index (χ1) is 5.63. The van der Waals surface area contributed by atoms with Crippen molar-refractivity contribution in [1.82, 2.24) is 4.98 Å². The zero-order chi connectivity index (χ0) is 9.14. The highest BCUT2D eigenvalue weighted by Crippen LogP contribution is 2.13. The summed E-state index contributed by atoms with van der Waals surface area (Å²) in [7, 11) is -1.39. The molecule has 66 valence electrons. The molecular formula is C6H8N2O2S2. The number of rotatable bonds is 3. The van der Waals surface area contributed by atoms with Gasteiger partial charge in [-0.1, -0.05) is 0 Å². The summed E-state index contributed by atoms with van der Waals surface area (Å²) in [5, 5.41) is 1.04. The normalized spacial score (nSPS) is 15.4. The Bertz CT molecular complexity index is 297. The molecule has 1 aromatic rings. The summed E-state index contributed by atoms with van der Waals surface area (Å²) in [5.41, 5.74) is 4.99. The van der Waals surface area contributed by atoms with Crippen molar-refractivity contribution in [2.24, 2.45) is 5.73 Å². The number of hydrogen-bond acceptors (Lipinski definition) is 4. The van der Waals surface area contributed by atoms with Gasteiger partial charge in [0.25, 0.3) is 0 Å². The summed E-state index contributed by atoms with van der Waals surface area (Å²) in [5.74, 6) is -0.566. The van der Waals surface area contributed by atoms with E-state index >= 15 is 0 Å². The number of primary amides is 1. The van der Waals surface area contributed by atoms with Crippen LogP contribution in [0.4, 0.5) is 0 Å². The van der Waals surface area contributed by atoms with Crippen molar-refractivity contribution in [2.45, 2.75) is 16.5 Å². The molecule has 0 saturated heterocycles. The maximum Gasteiger partial charge on any atom is 0.233 e.